The lowest BCUT2D eigenvalue weighted by atomic mass is 10.2. The molecule has 0 aromatic heterocycles. The van der Waals surface area contributed by atoms with Gasteiger partial charge < -0.3 is 0 Å². The summed E-state index contributed by atoms with van der Waals surface area (Å²) in [5.41, 5.74) is 2.28. The average Bonchev–Trinajstić information content (AvgIpc) is 2.69. The van der Waals surface area contributed by atoms with Crippen LogP contribution in [0.4, 0.5) is 0 Å². The zero-order valence-corrected chi connectivity index (χ0v) is 7.33. The normalized spacial score (nSPS) is 13.4. The van der Waals surface area contributed by atoms with Crippen molar-refractivity contribution in [2.24, 2.45) is 0 Å². The summed E-state index contributed by atoms with van der Waals surface area (Å²) in [7, 11) is 0. The lowest BCUT2D eigenvalue weighted by molar-refractivity contribution is 1.36. The second-order valence-electron chi connectivity index (χ2n) is 2.94. The van der Waals surface area contributed by atoms with Crippen LogP contribution in [-0.4, -0.2) is 0 Å². The van der Waals surface area contributed by atoms with Gasteiger partial charge in [-0.15, -0.1) is 0 Å². The fourth-order valence-electron chi connectivity index (χ4n) is 1.21. The summed E-state index contributed by atoms with van der Waals surface area (Å²) < 4.78 is 0. The van der Waals surface area contributed by atoms with Crippen LogP contribution in [-0.2, 0) is 0 Å². The topological polar surface area (TPSA) is 0 Å². The zero-order chi connectivity index (χ0) is 8.93. The molecule has 0 saturated heterocycles. The first-order chi connectivity index (χ1) is 6.45. The van der Waals surface area contributed by atoms with Crippen molar-refractivity contribution in [3.63, 3.8) is 0 Å². The Bertz CT molecular complexity index is 397. The highest BCUT2D eigenvalue weighted by molar-refractivity contribution is 5.44. The maximum Gasteiger partial charge on any atom is 0.0248 e. The van der Waals surface area contributed by atoms with E-state index in [1.165, 1.54) is 5.57 Å². The molecule has 0 bridgehead atoms. The van der Waals surface area contributed by atoms with Crippen molar-refractivity contribution in [3.8, 4) is 11.8 Å². The maximum absolute atomic E-state index is 3.15. The van der Waals surface area contributed by atoms with Crippen LogP contribution in [0.15, 0.2) is 54.1 Å². The molecule has 0 heteroatoms. The SMILES string of the molecule is C(#Cc1ccccc1)C1=CC=CC1. The third-order valence-corrected chi connectivity index (χ3v) is 1.91. The largest absolute Gasteiger partial charge is 0.0794 e. The fraction of sp³-hybridized carbons (Fsp3) is 0.0769. The predicted molar refractivity (Wildman–Crippen MR) is 55.2 cm³/mol. The Balaban J connectivity index is 2.13. The van der Waals surface area contributed by atoms with E-state index >= 15 is 0 Å². The molecule has 0 N–H and O–H groups in total. The zero-order valence-electron chi connectivity index (χ0n) is 7.33. The van der Waals surface area contributed by atoms with Gasteiger partial charge in [0.25, 0.3) is 0 Å². The van der Waals surface area contributed by atoms with E-state index in [1.807, 2.05) is 30.3 Å². The molecule has 0 radical (unpaired) electrons. The summed E-state index contributed by atoms with van der Waals surface area (Å²) in [6.45, 7) is 0. The van der Waals surface area contributed by atoms with Crippen molar-refractivity contribution in [2.45, 2.75) is 6.42 Å². The van der Waals surface area contributed by atoms with E-state index in [1.54, 1.807) is 0 Å². The van der Waals surface area contributed by atoms with Gasteiger partial charge in [0, 0.05) is 11.1 Å². The Hall–Kier alpha value is -1.74. The van der Waals surface area contributed by atoms with E-state index in [2.05, 4.69) is 30.1 Å². The highest BCUT2D eigenvalue weighted by Crippen LogP contribution is 2.08. The van der Waals surface area contributed by atoms with Gasteiger partial charge in [0.05, 0.1) is 0 Å². The van der Waals surface area contributed by atoms with Crippen LogP contribution < -0.4 is 0 Å². The van der Waals surface area contributed by atoms with Gasteiger partial charge in [-0.3, -0.25) is 0 Å². The smallest absolute Gasteiger partial charge is 0.0248 e. The van der Waals surface area contributed by atoms with Crippen molar-refractivity contribution in [1.82, 2.24) is 0 Å². The van der Waals surface area contributed by atoms with Crippen molar-refractivity contribution in [3.05, 3.63) is 59.7 Å². The minimum atomic E-state index is 0.986. The Morgan fingerprint density at radius 2 is 1.85 bits per heavy atom. The van der Waals surface area contributed by atoms with Crippen molar-refractivity contribution >= 4 is 0 Å². The molecule has 1 aromatic carbocycles. The van der Waals surface area contributed by atoms with Gasteiger partial charge in [0.15, 0.2) is 0 Å². The third-order valence-electron chi connectivity index (χ3n) is 1.91. The van der Waals surface area contributed by atoms with E-state index in [0.29, 0.717) is 0 Å². The van der Waals surface area contributed by atoms with Crippen LogP contribution in [0.2, 0.25) is 0 Å². The monoisotopic (exact) mass is 166 g/mol. The highest BCUT2D eigenvalue weighted by Gasteiger charge is 1.92. The molecule has 1 aliphatic rings. The second-order valence-corrected chi connectivity index (χ2v) is 2.94. The standard InChI is InChI=1S/C13H10/c1-2-6-12(7-3-1)10-11-13-8-4-5-9-13/h1-8H,9H2. The molecule has 1 aromatic rings. The summed E-state index contributed by atoms with van der Waals surface area (Å²) >= 11 is 0. The third kappa shape index (κ3) is 2.10. The van der Waals surface area contributed by atoms with Crippen LogP contribution in [0.25, 0.3) is 0 Å². The van der Waals surface area contributed by atoms with E-state index < -0.39 is 0 Å². The fourth-order valence-corrected chi connectivity index (χ4v) is 1.21. The lowest BCUT2D eigenvalue weighted by Gasteiger charge is -1.87. The van der Waals surface area contributed by atoms with Crippen molar-refractivity contribution < 1.29 is 0 Å². The van der Waals surface area contributed by atoms with Gasteiger partial charge in [0.1, 0.15) is 0 Å². The maximum atomic E-state index is 3.15. The van der Waals surface area contributed by atoms with Crippen LogP contribution in [0.5, 0.6) is 0 Å². The predicted octanol–water partition coefficient (Wildman–Crippen LogP) is 2.92. The first kappa shape index (κ1) is 7.89. The molecule has 2 rings (SSSR count). The summed E-state index contributed by atoms with van der Waals surface area (Å²) in [5, 5.41) is 0. The van der Waals surface area contributed by atoms with Gasteiger partial charge in [-0.05, 0) is 18.6 Å². The first-order valence-electron chi connectivity index (χ1n) is 4.38. The molecule has 0 aliphatic heterocycles. The van der Waals surface area contributed by atoms with E-state index in [-0.39, 0.29) is 0 Å². The molecule has 0 fully saturated rings. The summed E-state index contributed by atoms with van der Waals surface area (Å²) in [4.78, 5) is 0. The number of rotatable bonds is 0. The van der Waals surface area contributed by atoms with Crippen LogP contribution in [0.1, 0.15) is 12.0 Å². The van der Waals surface area contributed by atoms with Gasteiger partial charge in [-0.25, -0.2) is 0 Å². The number of hydrogen-bond acceptors (Lipinski definition) is 0. The minimum Gasteiger partial charge on any atom is -0.0794 e. The van der Waals surface area contributed by atoms with E-state index in [0.717, 1.165) is 12.0 Å². The van der Waals surface area contributed by atoms with Gasteiger partial charge in [0.2, 0.25) is 0 Å². The van der Waals surface area contributed by atoms with Gasteiger partial charge in [-0.2, -0.15) is 0 Å². The van der Waals surface area contributed by atoms with Gasteiger partial charge >= 0.3 is 0 Å². The van der Waals surface area contributed by atoms with Crippen molar-refractivity contribution in [2.75, 3.05) is 0 Å². The Kier molecular flexibility index (Phi) is 2.29. The Morgan fingerprint density at radius 3 is 2.54 bits per heavy atom. The molecule has 0 heterocycles. The molecule has 13 heavy (non-hydrogen) atoms. The minimum absolute atomic E-state index is 0.986. The second kappa shape index (κ2) is 3.78. The number of allylic oxidation sites excluding steroid dienone is 4. The molecule has 0 nitrogen and oxygen atoms in total. The summed E-state index contributed by atoms with van der Waals surface area (Å²) in [5.74, 6) is 6.27. The average molecular weight is 166 g/mol. The molecule has 0 spiro atoms. The molecule has 1 aliphatic carbocycles. The highest BCUT2D eigenvalue weighted by atomic mass is 14.0. The first-order valence-corrected chi connectivity index (χ1v) is 4.38. The lowest BCUT2D eigenvalue weighted by Crippen LogP contribution is -1.73. The van der Waals surface area contributed by atoms with E-state index in [9.17, 15) is 0 Å². The Labute approximate surface area is 78.6 Å². The van der Waals surface area contributed by atoms with Gasteiger partial charge in [-0.1, -0.05) is 48.3 Å². The molecule has 62 valence electrons. The molecule has 0 saturated carbocycles. The number of benzene rings is 1. The molecule has 0 amide bonds. The van der Waals surface area contributed by atoms with Crippen LogP contribution >= 0.6 is 0 Å². The van der Waals surface area contributed by atoms with E-state index in [4.69, 9.17) is 0 Å². The summed E-state index contributed by atoms with van der Waals surface area (Å²) in [6.07, 6.45) is 7.22. The number of hydrogen-bond donors (Lipinski definition) is 0. The molecule has 0 unspecified atom stereocenters. The molecular weight excluding hydrogens is 156 g/mol. The molecular formula is C13H10. The van der Waals surface area contributed by atoms with Crippen LogP contribution in [0, 0.1) is 11.8 Å². The summed E-state index contributed by atoms with van der Waals surface area (Å²) in [6, 6.07) is 10.1. The molecule has 0 atom stereocenters. The van der Waals surface area contributed by atoms with Crippen molar-refractivity contribution in [1.29, 1.82) is 0 Å². The van der Waals surface area contributed by atoms with Crippen LogP contribution in [0.3, 0.4) is 0 Å². The quantitative estimate of drug-likeness (QED) is 0.520. The Morgan fingerprint density at radius 1 is 1.00 bits per heavy atom.